The SMILES string of the molecule is COc1cccc(Oc2ccc(-c3nc4c(c(=O)[nH]c(=O)n4CC(C)O)n3C)cc2OC(F)(F)F)c1. The molecule has 0 saturated heterocycles. The van der Waals surface area contributed by atoms with Crippen molar-refractivity contribution in [2.24, 2.45) is 7.05 Å². The smallest absolute Gasteiger partial charge is 0.497 e. The van der Waals surface area contributed by atoms with Crippen LogP contribution >= 0.6 is 0 Å². The number of hydrogen-bond donors (Lipinski definition) is 2. The fourth-order valence-corrected chi connectivity index (χ4v) is 3.67. The van der Waals surface area contributed by atoms with Gasteiger partial charge in [0.2, 0.25) is 0 Å². The molecule has 0 bridgehead atoms. The van der Waals surface area contributed by atoms with Gasteiger partial charge in [0.25, 0.3) is 5.56 Å². The zero-order chi connectivity index (χ0) is 26.2. The average molecular weight is 506 g/mol. The van der Waals surface area contributed by atoms with Gasteiger partial charge in [0.15, 0.2) is 22.7 Å². The van der Waals surface area contributed by atoms with Gasteiger partial charge < -0.3 is 23.9 Å². The number of aryl methyl sites for hydroxylation is 1. The van der Waals surface area contributed by atoms with Crippen molar-refractivity contribution < 1.29 is 32.5 Å². The topological polar surface area (TPSA) is 121 Å². The van der Waals surface area contributed by atoms with Gasteiger partial charge in [-0.1, -0.05) is 6.07 Å². The van der Waals surface area contributed by atoms with Crippen LogP contribution in [0.1, 0.15) is 6.92 Å². The van der Waals surface area contributed by atoms with Crippen LogP contribution in [0.3, 0.4) is 0 Å². The number of aliphatic hydroxyl groups is 1. The first-order valence-electron chi connectivity index (χ1n) is 10.6. The summed E-state index contributed by atoms with van der Waals surface area (Å²) in [7, 11) is 2.91. The average Bonchev–Trinajstić information content (AvgIpc) is 3.14. The lowest BCUT2D eigenvalue weighted by atomic mass is 10.2. The quantitative estimate of drug-likeness (QED) is 0.395. The Morgan fingerprint density at radius 1 is 1.11 bits per heavy atom. The van der Waals surface area contributed by atoms with Crippen LogP contribution in [0.25, 0.3) is 22.6 Å². The van der Waals surface area contributed by atoms with Crippen molar-refractivity contribution in [2.75, 3.05) is 7.11 Å². The second-order valence-electron chi connectivity index (χ2n) is 7.88. The Balaban J connectivity index is 1.85. The zero-order valence-corrected chi connectivity index (χ0v) is 19.3. The molecule has 2 heterocycles. The predicted octanol–water partition coefficient (Wildman–Crippen LogP) is 3.17. The van der Waals surface area contributed by atoms with Gasteiger partial charge in [-0.3, -0.25) is 14.3 Å². The molecule has 0 radical (unpaired) electrons. The number of ether oxygens (including phenoxy) is 3. The minimum absolute atomic E-state index is 0.000229. The molecule has 190 valence electrons. The number of H-pyrrole nitrogens is 1. The number of aromatic nitrogens is 4. The largest absolute Gasteiger partial charge is 0.573 e. The van der Waals surface area contributed by atoms with Crippen LogP contribution in [0.4, 0.5) is 13.2 Å². The monoisotopic (exact) mass is 506 g/mol. The first kappa shape index (κ1) is 24.9. The number of halogens is 3. The molecule has 2 N–H and O–H groups in total. The number of imidazole rings is 1. The number of fused-ring (bicyclic) bond motifs is 1. The van der Waals surface area contributed by atoms with Crippen LogP contribution in [0.15, 0.2) is 52.1 Å². The van der Waals surface area contributed by atoms with Crippen molar-refractivity contribution in [3.8, 4) is 34.4 Å². The maximum Gasteiger partial charge on any atom is 0.573 e. The zero-order valence-electron chi connectivity index (χ0n) is 19.3. The molecule has 0 fully saturated rings. The van der Waals surface area contributed by atoms with Crippen LogP contribution in [-0.4, -0.2) is 43.8 Å². The van der Waals surface area contributed by atoms with E-state index < -0.39 is 29.5 Å². The van der Waals surface area contributed by atoms with Gasteiger partial charge >= 0.3 is 12.1 Å². The molecule has 13 heteroatoms. The summed E-state index contributed by atoms with van der Waals surface area (Å²) in [6, 6.07) is 10.0. The van der Waals surface area contributed by atoms with E-state index in [2.05, 4.69) is 14.7 Å². The molecular formula is C23H21F3N4O6. The summed E-state index contributed by atoms with van der Waals surface area (Å²) in [5, 5.41) is 9.75. The third kappa shape index (κ3) is 5.05. The van der Waals surface area contributed by atoms with Gasteiger partial charge in [0, 0.05) is 18.7 Å². The van der Waals surface area contributed by atoms with E-state index in [1.165, 1.54) is 49.9 Å². The van der Waals surface area contributed by atoms with E-state index in [-0.39, 0.29) is 40.6 Å². The van der Waals surface area contributed by atoms with Crippen LogP contribution in [0.5, 0.6) is 23.0 Å². The standard InChI is InChI=1S/C23H21F3N4O6/c1-12(31)11-30-20-18(21(32)28-22(30)33)29(2)19(27-20)13-7-8-16(17(9-13)36-23(24,25)26)35-15-6-4-5-14(10-15)34-3/h4-10,12,31H,11H2,1-3H3,(H,28,32,33). The number of hydrogen-bond acceptors (Lipinski definition) is 7. The highest BCUT2D eigenvalue weighted by Gasteiger charge is 2.33. The van der Waals surface area contributed by atoms with E-state index in [1.54, 1.807) is 12.1 Å². The molecule has 0 spiro atoms. The number of alkyl halides is 3. The minimum atomic E-state index is -5.02. The maximum absolute atomic E-state index is 13.2. The number of benzene rings is 2. The van der Waals surface area contributed by atoms with Gasteiger partial charge in [-0.2, -0.15) is 0 Å². The third-order valence-electron chi connectivity index (χ3n) is 5.16. The Labute approximate surface area is 201 Å². The molecule has 2 aromatic carbocycles. The van der Waals surface area contributed by atoms with Crippen LogP contribution in [0, 0.1) is 0 Å². The molecule has 4 aromatic rings. The Kier molecular flexibility index (Phi) is 6.50. The molecule has 10 nitrogen and oxygen atoms in total. The van der Waals surface area contributed by atoms with E-state index in [0.29, 0.717) is 5.75 Å². The molecule has 2 aromatic heterocycles. The first-order chi connectivity index (χ1) is 17.0. The lowest BCUT2D eigenvalue weighted by molar-refractivity contribution is -0.275. The molecule has 0 aliphatic carbocycles. The second kappa shape index (κ2) is 9.41. The molecular weight excluding hydrogens is 485 g/mol. The summed E-state index contributed by atoms with van der Waals surface area (Å²) in [6.07, 6.45) is -5.95. The molecule has 0 amide bonds. The molecule has 1 unspecified atom stereocenters. The van der Waals surface area contributed by atoms with Crippen molar-refractivity contribution in [2.45, 2.75) is 25.9 Å². The van der Waals surface area contributed by atoms with Crippen LogP contribution in [0.2, 0.25) is 0 Å². The molecule has 4 rings (SSSR count). The summed E-state index contributed by atoms with van der Waals surface area (Å²) in [6.45, 7) is 1.30. The van der Waals surface area contributed by atoms with Crippen molar-refractivity contribution in [1.29, 1.82) is 0 Å². The molecule has 36 heavy (non-hydrogen) atoms. The van der Waals surface area contributed by atoms with E-state index in [4.69, 9.17) is 9.47 Å². The molecule has 0 aliphatic rings. The van der Waals surface area contributed by atoms with Gasteiger partial charge in [-0.05, 0) is 37.3 Å². The van der Waals surface area contributed by atoms with E-state index in [1.807, 2.05) is 0 Å². The normalized spacial score (nSPS) is 12.5. The summed E-state index contributed by atoms with van der Waals surface area (Å²) in [4.78, 5) is 31.3. The first-order valence-corrected chi connectivity index (χ1v) is 10.6. The van der Waals surface area contributed by atoms with Crippen molar-refractivity contribution in [3.05, 3.63) is 63.3 Å². The summed E-state index contributed by atoms with van der Waals surface area (Å²) >= 11 is 0. The van der Waals surface area contributed by atoms with E-state index in [0.717, 1.165) is 10.6 Å². The van der Waals surface area contributed by atoms with Gasteiger partial charge in [0.05, 0.1) is 19.8 Å². The number of aromatic amines is 1. The number of aliphatic hydroxyl groups excluding tert-OH is 1. The highest BCUT2D eigenvalue weighted by Crippen LogP contribution is 2.39. The summed E-state index contributed by atoms with van der Waals surface area (Å²) in [5.74, 6) is -0.140. The lowest BCUT2D eigenvalue weighted by Crippen LogP contribution is -2.33. The minimum Gasteiger partial charge on any atom is -0.497 e. The van der Waals surface area contributed by atoms with Gasteiger partial charge in [-0.15, -0.1) is 13.2 Å². The highest BCUT2D eigenvalue weighted by atomic mass is 19.4. The lowest BCUT2D eigenvalue weighted by Gasteiger charge is -2.15. The van der Waals surface area contributed by atoms with Crippen molar-refractivity contribution in [1.82, 2.24) is 19.1 Å². The molecule has 0 saturated carbocycles. The maximum atomic E-state index is 13.2. The van der Waals surface area contributed by atoms with Crippen LogP contribution in [-0.2, 0) is 13.6 Å². The van der Waals surface area contributed by atoms with Crippen LogP contribution < -0.4 is 25.5 Å². The fraction of sp³-hybridized carbons (Fsp3) is 0.261. The van der Waals surface area contributed by atoms with Gasteiger partial charge in [-0.25, -0.2) is 9.78 Å². The number of nitrogens with one attached hydrogen (secondary N) is 1. The summed E-state index contributed by atoms with van der Waals surface area (Å²) < 4.78 is 57.0. The van der Waals surface area contributed by atoms with E-state index >= 15 is 0 Å². The Hall–Kier alpha value is -4.26. The van der Waals surface area contributed by atoms with E-state index in [9.17, 15) is 27.9 Å². The third-order valence-corrected chi connectivity index (χ3v) is 5.16. The second-order valence-corrected chi connectivity index (χ2v) is 7.88. The number of nitrogens with zero attached hydrogens (tertiary/aromatic N) is 3. The highest BCUT2D eigenvalue weighted by molar-refractivity contribution is 5.77. The Bertz CT molecular complexity index is 1540. The van der Waals surface area contributed by atoms with Gasteiger partial charge in [0.1, 0.15) is 17.3 Å². The molecule has 1 atom stereocenters. The predicted molar refractivity (Wildman–Crippen MR) is 122 cm³/mol. The Morgan fingerprint density at radius 2 is 1.83 bits per heavy atom. The molecule has 0 aliphatic heterocycles. The fourth-order valence-electron chi connectivity index (χ4n) is 3.67. The Morgan fingerprint density at radius 3 is 2.50 bits per heavy atom. The number of methoxy groups -OCH3 is 1. The summed E-state index contributed by atoms with van der Waals surface area (Å²) in [5.41, 5.74) is -1.39. The van der Waals surface area contributed by atoms with Crippen molar-refractivity contribution in [3.63, 3.8) is 0 Å². The number of rotatable bonds is 7. The van der Waals surface area contributed by atoms with Crippen molar-refractivity contribution >= 4 is 11.2 Å².